The molecule has 1 saturated heterocycles. The van der Waals surface area contributed by atoms with Gasteiger partial charge >= 0.3 is 0 Å². The number of ether oxygens (including phenoxy) is 2. The molecule has 5 rings (SSSR count). The Hall–Kier alpha value is -4.41. The average Bonchev–Trinajstić information content (AvgIpc) is 2.96. The molecule has 4 aromatic rings. The van der Waals surface area contributed by atoms with Crippen molar-refractivity contribution >= 4 is 17.9 Å². The maximum Gasteiger partial charge on any atom is 0.187 e. The number of hydrogen-bond acceptors (Lipinski definition) is 4. The van der Waals surface area contributed by atoms with Gasteiger partial charge < -0.3 is 9.47 Å². The Bertz CT molecular complexity index is 1300. The van der Waals surface area contributed by atoms with Crippen LogP contribution in [-0.2, 0) is 18.0 Å². The van der Waals surface area contributed by atoms with Gasteiger partial charge in [0.15, 0.2) is 5.78 Å². The number of benzene rings is 4. The van der Waals surface area contributed by atoms with Crippen LogP contribution in [0, 0.1) is 0 Å². The molecule has 0 aliphatic carbocycles. The van der Waals surface area contributed by atoms with E-state index in [2.05, 4.69) is 4.90 Å². The van der Waals surface area contributed by atoms with Gasteiger partial charge in [-0.3, -0.25) is 9.69 Å². The summed E-state index contributed by atoms with van der Waals surface area (Å²) in [5.74, 6) is 1.71. The lowest BCUT2D eigenvalue weighted by molar-refractivity contribution is -0.113. The van der Waals surface area contributed by atoms with E-state index < -0.39 is 0 Å². The number of nitrogens with zero attached hydrogens (tertiary/aromatic N) is 1. The molecule has 4 aromatic carbocycles. The van der Waals surface area contributed by atoms with E-state index in [0.29, 0.717) is 26.3 Å². The molecule has 1 aliphatic heterocycles. The molecule has 4 nitrogen and oxygen atoms in total. The van der Waals surface area contributed by atoms with Crippen LogP contribution in [0.1, 0.15) is 22.3 Å². The minimum atomic E-state index is 0.0944. The molecular weight excluding hydrogens is 470 g/mol. The van der Waals surface area contributed by atoms with Crippen LogP contribution < -0.4 is 9.47 Å². The molecule has 38 heavy (non-hydrogen) atoms. The van der Waals surface area contributed by atoms with E-state index in [1.807, 2.05) is 128 Å². The summed E-state index contributed by atoms with van der Waals surface area (Å²) in [7, 11) is 2.04. The Morgan fingerprint density at radius 2 is 1.00 bits per heavy atom. The van der Waals surface area contributed by atoms with E-state index in [9.17, 15) is 4.79 Å². The molecule has 0 N–H and O–H groups in total. The summed E-state index contributed by atoms with van der Waals surface area (Å²) in [6, 6.07) is 36.0. The van der Waals surface area contributed by atoms with Crippen LogP contribution in [0.5, 0.6) is 11.5 Å². The van der Waals surface area contributed by atoms with E-state index >= 15 is 0 Å². The Morgan fingerprint density at radius 3 is 1.39 bits per heavy atom. The molecule has 0 amide bonds. The molecule has 1 aliphatic rings. The summed E-state index contributed by atoms with van der Waals surface area (Å²) >= 11 is 0. The van der Waals surface area contributed by atoms with Crippen molar-refractivity contribution in [2.75, 3.05) is 20.1 Å². The zero-order valence-electron chi connectivity index (χ0n) is 21.5. The predicted molar refractivity (Wildman–Crippen MR) is 153 cm³/mol. The lowest BCUT2D eigenvalue weighted by Crippen LogP contribution is -2.34. The minimum Gasteiger partial charge on any atom is -0.489 e. The van der Waals surface area contributed by atoms with Crippen LogP contribution in [0.2, 0.25) is 0 Å². The van der Waals surface area contributed by atoms with Gasteiger partial charge in [0.25, 0.3) is 0 Å². The molecule has 0 aromatic heterocycles. The van der Waals surface area contributed by atoms with Gasteiger partial charge in [-0.15, -0.1) is 0 Å². The first kappa shape index (κ1) is 25.2. The van der Waals surface area contributed by atoms with Crippen molar-refractivity contribution < 1.29 is 14.3 Å². The van der Waals surface area contributed by atoms with Gasteiger partial charge in [0.1, 0.15) is 24.7 Å². The highest BCUT2D eigenvalue weighted by atomic mass is 16.5. The van der Waals surface area contributed by atoms with E-state index in [4.69, 9.17) is 9.47 Å². The largest absolute Gasteiger partial charge is 0.489 e. The first-order chi connectivity index (χ1) is 18.6. The fraction of sp³-hybridized carbons (Fsp3) is 0.147. The van der Waals surface area contributed by atoms with Crippen LogP contribution in [0.3, 0.4) is 0 Å². The SMILES string of the molecule is CN1C/C(=C/c2ccc(OCc3ccccc3)cc2)C(=O)/C(=C/c2ccc(OCc3ccccc3)cc2)C1. The highest BCUT2D eigenvalue weighted by Gasteiger charge is 2.23. The highest BCUT2D eigenvalue weighted by molar-refractivity contribution is 6.14. The molecule has 190 valence electrons. The maximum atomic E-state index is 13.3. The van der Waals surface area contributed by atoms with Gasteiger partial charge in [-0.05, 0) is 65.7 Å². The summed E-state index contributed by atoms with van der Waals surface area (Å²) < 4.78 is 11.8. The molecular formula is C34H31NO3. The molecule has 0 bridgehead atoms. The Kier molecular flexibility index (Phi) is 8.12. The number of likely N-dealkylation sites (tertiary alicyclic amines) is 1. The van der Waals surface area contributed by atoms with Gasteiger partial charge in [0.2, 0.25) is 0 Å². The fourth-order valence-electron chi connectivity index (χ4n) is 4.41. The fourth-order valence-corrected chi connectivity index (χ4v) is 4.41. The van der Waals surface area contributed by atoms with Crippen molar-refractivity contribution in [3.8, 4) is 11.5 Å². The predicted octanol–water partition coefficient (Wildman–Crippen LogP) is 6.83. The molecule has 0 unspecified atom stereocenters. The molecule has 0 atom stereocenters. The van der Waals surface area contributed by atoms with E-state index in [1.165, 1.54) is 0 Å². The van der Waals surface area contributed by atoms with Crippen LogP contribution in [-0.4, -0.2) is 30.8 Å². The number of carbonyl (C=O) groups excluding carboxylic acids is 1. The summed E-state index contributed by atoms with van der Waals surface area (Å²) in [5, 5.41) is 0. The standard InChI is InChI=1S/C34H31NO3/c1-35-22-30(20-26-12-16-32(17-13-26)37-24-28-8-4-2-5-9-28)34(36)31(23-35)21-27-14-18-33(19-15-27)38-25-29-10-6-3-7-11-29/h2-21H,22-25H2,1H3/b30-20-,31-21+. The third-order valence-corrected chi connectivity index (χ3v) is 6.40. The number of carbonyl (C=O) groups is 1. The maximum absolute atomic E-state index is 13.3. The summed E-state index contributed by atoms with van der Waals surface area (Å²) in [4.78, 5) is 15.5. The monoisotopic (exact) mass is 501 g/mol. The van der Waals surface area contributed by atoms with E-state index in [1.54, 1.807) is 0 Å². The smallest absolute Gasteiger partial charge is 0.187 e. The second-order valence-electron chi connectivity index (χ2n) is 9.53. The molecule has 1 heterocycles. The third-order valence-electron chi connectivity index (χ3n) is 6.40. The van der Waals surface area contributed by atoms with Crippen molar-refractivity contribution in [3.63, 3.8) is 0 Å². The number of Topliss-reactive ketones (excluding diaryl/α,β-unsaturated/α-hetero) is 1. The molecule has 0 saturated carbocycles. The molecule has 4 heteroatoms. The Morgan fingerprint density at radius 1 is 0.605 bits per heavy atom. The Labute approximate surface area is 224 Å². The van der Waals surface area contributed by atoms with Crippen LogP contribution in [0.4, 0.5) is 0 Å². The number of hydrogen-bond donors (Lipinski definition) is 0. The van der Waals surface area contributed by atoms with E-state index in [0.717, 1.165) is 44.9 Å². The Balaban J connectivity index is 1.23. The van der Waals surface area contributed by atoms with Crippen LogP contribution >= 0.6 is 0 Å². The second kappa shape index (κ2) is 12.2. The molecule has 1 fully saturated rings. The number of likely N-dealkylation sites (N-methyl/N-ethyl adjacent to an activating group) is 1. The highest BCUT2D eigenvalue weighted by Crippen LogP contribution is 2.23. The van der Waals surface area contributed by atoms with Crippen LogP contribution in [0.15, 0.2) is 120 Å². The van der Waals surface area contributed by atoms with Gasteiger partial charge in [-0.25, -0.2) is 0 Å². The minimum absolute atomic E-state index is 0.0944. The summed E-state index contributed by atoms with van der Waals surface area (Å²) in [5.41, 5.74) is 5.79. The van der Waals surface area contributed by atoms with Gasteiger partial charge in [0.05, 0.1) is 0 Å². The van der Waals surface area contributed by atoms with Crippen molar-refractivity contribution in [1.29, 1.82) is 0 Å². The first-order valence-corrected chi connectivity index (χ1v) is 12.8. The quantitative estimate of drug-likeness (QED) is 0.248. The topological polar surface area (TPSA) is 38.8 Å². The average molecular weight is 502 g/mol. The molecule has 0 radical (unpaired) electrons. The summed E-state index contributed by atoms with van der Waals surface area (Å²) in [6.07, 6.45) is 3.96. The van der Waals surface area contributed by atoms with Crippen molar-refractivity contribution in [2.24, 2.45) is 0 Å². The zero-order chi connectivity index (χ0) is 26.2. The lowest BCUT2D eigenvalue weighted by atomic mass is 9.94. The van der Waals surface area contributed by atoms with Crippen LogP contribution in [0.25, 0.3) is 12.2 Å². The second-order valence-corrected chi connectivity index (χ2v) is 9.53. The van der Waals surface area contributed by atoms with Gasteiger partial charge in [-0.1, -0.05) is 84.9 Å². The first-order valence-electron chi connectivity index (χ1n) is 12.8. The summed E-state index contributed by atoms with van der Waals surface area (Å²) in [6.45, 7) is 2.29. The van der Waals surface area contributed by atoms with Gasteiger partial charge in [-0.2, -0.15) is 0 Å². The van der Waals surface area contributed by atoms with Crippen molar-refractivity contribution in [2.45, 2.75) is 13.2 Å². The zero-order valence-corrected chi connectivity index (χ0v) is 21.5. The number of rotatable bonds is 8. The third kappa shape index (κ3) is 6.87. The van der Waals surface area contributed by atoms with Gasteiger partial charge in [0, 0.05) is 24.2 Å². The van der Waals surface area contributed by atoms with Crippen molar-refractivity contribution in [1.82, 2.24) is 4.90 Å². The van der Waals surface area contributed by atoms with E-state index in [-0.39, 0.29) is 5.78 Å². The number of ketones is 1. The molecule has 0 spiro atoms. The van der Waals surface area contributed by atoms with Crippen molar-refractivity contribution in [3.05, 3.63) is 143 Å². The lowest BCUT2D eigenvalue weighted by Gasteiger charge is -2.26. The number of piperidine rings is 1. The normalized spacial score (nSPS) is 16.1.